The van der Waals surface area contributed by atoms with Gasteiger partial charge in [-0.25, -0.2) is 4.98 Å². The van der Waals surface area contributed by atoms with Gasteiger partial charge in [-0.05, 0) is 38.1 Å². The molecule has 2 heterocycles. The molecule has 10 heteroatoms. The maximum atomic E-state index is 12.4. The topological polar surface area (TPSA) is 54.5 Å². The summed E-state index contributed by atoms with van der Waals surface area (Å²) in [6.07, 6.45) is -2.23. The van der Waals surface area contributed by atoms with Crippen molar-refractivity contribution in [3.8, 4) is 5.75 Å². The van der Waals surface area contributed by atoms with E-state index >= 15 is 0 Å². The van der Waals surface area contributed by atoms with E-state index in [1.165, 1.54) is 18.3 Å². The number of halogens is 5. The van der Waals surface area contributed by atoms with Crippen LogP contribution in [0.3, 0.4) is 0 Å². The number of ether oxygens (including phenoxy) is 1. The van der Waals surface area contributed by atoms with Gasteiger partial charge in [0.2, 0.25) is 0 Å². The lowest BCUT2D eigenvalue weighted by Gasteiger charge is -2.18. The van der Waals surface area contributed by atoms with Gasteiger partial charge >= 0.3 is 6.18 Å². The standard InChI is InChI=1S/C14H18F3N3O2.2ClH/c1-18-7-10-4-6-20(8-10)13(21)12-11(3-2-5-19-12)22-9-14(15,16)17;;/h2-3,5,10,18H,4,6-9H2,1H3;2*1H. The average molecular weight is 390 g/mol. The van der Waals surface area contributed by atoms with Crippen molar-refractivity contribution in [1.82, 2.24) is 15.2 Å². The van der Waals surface area contributed by atoms with Crippen LogP contribution in [0.5, 0.6) is 5.75 Å². The summed E-state index contributed by atoms with van der Waals surface area (Å²) in [5, 5.41) is 3.05. The molecule has 0 spiro atoms. The van der Waals surface area contributed by atoms with Gasteiger partial charge in [-0.15, -0.1) is 24.8 Å². The number of nitrogens with one attached hydrogen (secondary N) is 1. The summed E-state index contributed by atoms with van der Waals surface area (Å²) in [5.41, 5.74) is -0.0724. The van der Waals surface area contributed by atoms with Gasteiger partial charge in [0.1, 0.15) is 0 Å². The molecular weight excluding hydrogens is 370 g/mol. The van der Waals surface area contributed by atoms with Crippen molar-refractivity contribution in [2.45, 2.75) is 12.6 Å². The first-order valence-electron chi connectivity index (χ1n) is 6.99. The van der Waals surface area contributed by atoms with Crippen LogP contribution in [0.15, 0.2) is 18.3 Å². The molecule has 1 aliphatic heterocycles. The fourth-order valence-corrected chi connectivity index (χ4v) is 2.45. The van der Waals surface area contributed by atoms with Gasteiger partial charge in [0.15, 0.2) is 18.1 Å². The number of carbonyl (C=O) groups is 1. The molecule has 138 valence electrons. The fourth-order valence-electron chi connectivity index (χ4n) is 2.45. The second-order valence-corrected chi connectivity index (χ2v) is 5.22. The third-order valence-corrected chi connectivity index (χ3v) is 3.43. The third kappa shape index (κ3) is 6.33. The van der Waals surface area contributed by atoms with Crippen molar-refractivity contribution >= 4 is 30.7 Å². The highest BCUT2D eigenvalue weighted by molar-refractivity contribution is 5.95. The second-order valence-electron chi connectivity index (χ2n) is 5.22. The van der Waals surface area contributed by atoms with Crippen LogP contribution in [0.2, 0.25) is 0 Å². The minimum atomic E-state index is -4.46. The van der Waals surface area contributed by atoms with E-state index in [1.807, 2.05) is 7.05 Å². The molecule has 1 unspecified atom stereocenters. The van der Waals surface area contributed by atoms with Crippen molar-refractivity contribution in [3.63, 3.8) is 0 Å². The van der Waals surface area contributed by atoms with E-state index in [2.05, 4.69) is 10.3 Å². The fraction of sp³-hybridized carbons (Fsp3) is 0.571. The van der Waals surface area contributed by atoms with Crippen LogP contribution in [0.25, 0.3) is 0 Å². The molecule has 0 aliphatic carbocycles. The Kier molecular flexibility index (Phi) is 9.39. The number of likely N-dealkylation sites (tertiary alicyclic amines) is 1. The Bertz CT molecular complexity index is 532. The van der Waals surface area contributed by atoms with Crippen LogP contribution in [0.1, 0.15) is 16.9 Å². The zero-order chi connectivity index (χ0) is 16.2. The Morgan fingerprint density at radius 1 is 1.46 bits per heavy atom. The first-order valence-corrected chi connectivity index (χ1v) is 6.99. The SMILES string of the molecule is CNCC1CCN(C(=O)c2ncccc2OCC(F)(F)F)C1.Cl.Cl. The highest BCUT2D eigenvalue weighted by Gasteiger charge is 2.31. The number of amides is 1. The molecule has 1 saturated heterocycles. The molecular formula is C14H20Cl2F3N3O2. The number of carbonyl (C=O) groups excluding carboxylic acids is 1. The van der Waals surface area contributed by atoms with Gasteiger partial charge in [0, 0.05) is 19.3 Å². The Hall–Kier alpha value is -1.25. The number of hydrogen-bond donors (Lipinski definition) is 1. The van der Waals surface area contributed by atoms with Crippen molar-refractivity contribution < 1.29 is 22.7 Å². The summed E-state index contributed by atoms with van der Waals surface area (Å²) in [5.74, 6) is -0.185. The molecule has 1 N–H and O–H groups in total. The normalized spacial score (nSPS) is 17.0. The van der Waals surface area contributed by atoms with E-state index in [1.54, 1.807) is 4.90 Å². The van der Waals surface area contributed by atoms with Crippen LogP contribution in [0, 0.1) is 5.92 Å². The van der Waals surface area contributed by atoms with E-state index in [4.69, 9.17) is 4.74 Å². The molecule has 24 heavy (non-hydrogen) atoms. The number of aromatic nitrogens is 1. The average Bonchev–Trinajstić information content (AvgIpc) is 2.93. The van der Waals surface area contributed by atoms with E-state index in [-0.39, 0.29) is 36.3 Å². The summed E-state index contributed by atoms with van der Waals surface area (Å²) in [6.45, 7) is 0.486. The highest BCUT2D eigenvalue weighted by Crippen LogP contribution is 2.24. The minimum absolute atomic E-state index is 0. The molecule has 2 rings (SSSR count). The lowest BCUT2D eigenvalue weighted by molar-refractivity contribution is -0.153. The monoisotopic (exact) mass is 389 g/mol. The molecule has 0 aromatic carbocycles. The Morgan fingerprint density at radius 2 is 2.17 bits per heavy atom. The molecule has 5 nitrogen and oxygen atoms in total. The van der Waals surface area contributed by atoms with E-state index in [9.17, 15) is 18.0 Å². The van der Waals surface area contributed by atoms with Gasteiger partial charge in [-0.3, -0.25) is 4.79 Å². The number of rotatable bonds is 5. The predicted octanol–water partition coefficient (Wildman–Crippen LogP) is 2.55. The Balaban J connectivity index is 0.00000264. The van der Waals surface area contributed by atoms with Crippen molar-refractivity contribution in [2.24, 2.45) is 5.92 Å². The molecule has 1 amide bonds. The van der Waals surface area contributed by atoms with Crippen molar-refractivity contribution in [2.75, 3.05) is 33.3 Å². The molecule has 1 aliphatic rings. The highest BCUT2D eigenvalue weighted by atomic mass is 35.5. The summed E-state index contributed by atoms with van der Waals surface area (Å²) in [7, 11) is 1.84. The molecule has 0 saturated carbocycles. The predicted molar refractivity (Wildman–Crippen MR) is 88.2 cm³/mol. The van der Waals surface area contributed by atoms with Gasteiger partial charge in [-0.2, -0.15) is 13.2 Å². The third-order valence-electron chi connectivity index (χ3n) is 3.43. The zero-order valence-corrected chi connectivity index (χ0v) is 14.6. The van der Waals surface area contributed by atoms with Crippen LogP contribution < -0.4 is 10.1 Å². The van der Waals surface area contributed by atoms with Crippen LogP contribution >= 0.6 is 24.8 Å². The largest absolute Gasteiger partial charge is 0.482 e. The first-order chi connectivity index (χ1) is 10.4. The Morgan fingerprint density at radius 3 is 2.79 bits per heavy atom. The molecule has 0 radical (unpaired) electrons. The maximum Gasteiger partial charge on any atom is 0.422 e. The lowest BCUT2D eigenvalue weighted by atomic mass is 10.1. The first kappa shape index (κ1) is 22.8. The molecule has 1 aromatic rings. The number of alkyl halides is 3. The summed E-state index contributed by atoms with van der Waals surface area (Å²) in [6, 6.07) is 2.77. The quantitative estimate of drug-likeness (QED) is 0.840. The van der Waals surface area contributed by atoms with Crippen molar-refractivity contribution in [3.05, 3.63) is 24.0 Å². The molecule has 1 aromatic heterocycles. The summed E-state index contributed by atoms with van der Waals surface area (Å²) < 4.78 is 41.5. The maximum absolute atomic E-state index is 12.4. The van der Waals surface area contributed by atoms with Gasteiger partial charge in [0.25, 0.3) is 5.91 Å². The smallest absolute Gasteiger partial charge is 0.422 e. The van der Waals surface area contributed by atoms with Gasteiger partial charge < -0.3 is 15.0 Å². The molecule has 1 fully saturated rings. The van der Waals surface area contributed by atoms with Crippen molar-refractivity contribution in [1.29, 1.82) is 0 Å². The van der Waals surface area contributed by atoms with E-state index in [0.717, 1.165) is 13.0 Å². The lowest BCUT2D eigenvalue weighted by Crippen LogP contribution is -2.31. The minimum Gasteiger partial charge on any atom is -0.482 e. The number of nitrogens with zero attached hydrogens (tertiary/aromatic N) is 2. The van der Waals surface area contributed by atoms with Gasteiger partial charge in [0.05, 0.1) is 0 Å². The Labute approximate surface area is 150 Å². The molecule has 1 atom stereocenters. The summed E-state index contributed by atoms with van der Waals surface area (Å²) >= 11 is 0. The van der Waals surface area contributed by atoms with E-state index in [0.29, 0.717) is 19.0 Å². The second kappa shape index (κ2) is 9.90. The number of pyridine rings is 1. The molecule has 0 bridgehead atoms. The van der Waals surface area contributed by atoms with Gasteiger partial charge in [-0.1, -0.05) is 0 Å². The number of hydrogen-bond acceptors (Lipinski definition) is 4. The zero-order valence-electron chi connectivity index (χ0n) is 13.0. The van der Waals surface area contributed by atoms with E-state index < -0.39 is 18.7 Å². The summed E-state index contributed by atoms with van der Waals surface area (Å²) in [4.78, 5) is 17.9. The van der Waals surface area contributed by atoms with Crippen LogP contribution in [-0.4, -0.2) is 55.3 Å². The van der Waals surface area contributed by atoms with Crippen LogP contribution in [0.4, 0.5) is 13.2 Å². The van der Waals surface area contributed by atoms with Crippen LogP contribution in [-0.2, 0) is 0 Å².